The molecule has 0 aliphatic carbocycles. The van der Waals surface area contributed by atoms with Gasteiger partial charge in [0.1, 0.15) is 0 Å². The Morgan fingerprint density at radius 2 is 1.83 bits per heavy atom. The molecule has 2 rings (SSSR count). The predicted molar refractivity (Wildman–Crippen MR) is 52.2 cm³/mol. The molecule has 0 aromatic carbocycles. The lowest BCUT2D eigenvalue weighted by molar-refractivity contribution is 0.137. The van der Waals surface area contributed by atoms with Crippen LogP contribution in [0.4, 0.5) is 0 Å². The van der Waals surface area contributed by atoms with Crippen LogP contribution in [0.3, 0.4) is 0 Å². The second-order valence-electron chi connectivity index (χ2n) is 5.49. The van der Waals surface area contributed by atoms with Crippen LogP contribution in [0.25, 0.3) is 0 Å². The van der Waals surface area contributed by atoms with E-state index < -0.39 is 0 Å². The van der Waals surface area contributed by atoms with E-state index in [0.29, 0.717) is 5.41 Å². The summed E-state index contributed by atoms with van der Waals surface area (Å²) >= 11 is 0. The second kappa shape index (κ2) is 2.73. The third-order valence-corrected chi connectivity index (χ3v) is 3.60. The molecule has 2 atom stereocenters. The molecule has 12 heavy (non-hydrogen) atoms. The number of hydrogen-bond donors (Lipinski definition) is 0. The lowest BCUT2D eigenvalue weighted by atomic mass is 9.85. The molecule has 0 saturated carbocycles. The summed E-state index contributed by atoms with van der Waals surface area (Å²) in [5.74, 6) is 0. The normalized spacial score (nSPS) is 37.2. The van der Waals surface area contributed by atoms with Gasteiger partial charge in [-0.1, -0.05) is 20.8 Å². The molecule has 2 heterocycles. The molecule has 0 N–H and O–H groups in total. The topological polar surface area (TPSA) is 3.24 Å². The Bertz CT molecular complexity index is 168. The minimum Gasteiger partial charge on any atom is -0.297 e. The van der Waals surface area contributed by atoms with Gasteiger partial charge in [0.25, 0.3) is 0 Å². The molecule has 2 fully saturated rings. The monoisotopic (exact) mass is 167 g/mol. The lowest BCUT2D eigenvalue weighted by Crippen LogP contribution is -2.40. The molecule has 0 aromatic rings. The number of rotatable bonds is 0. The molecule has 2 saturated heterocycles. The molecule has 2 aliphatic heterocycles. The Balaban J connectivity index is 2.09. The fourth-order valence-electron chi connectivity index (χ4n) is 3.02. The molecule has 0 aromatic heterocycles. The zero-order chi connectivity index (χ0) is 8.77. The van der Waals surface area contributed by atoms with Crippen molar-refractivity contribution in [1.82, 2.24) is 4.90 Å². The van der Waals surface area contributed by atoms with Gasteiger partial charge in [0.05, 0.1) is 0 Å². The maximum Gasteiger partial charge on any atom is 0.0147 e. The summed E-state index contributed by atoms with van der Waals surface area (Å²) in [4.78, 5) is 2.76. The Morgan fingerprint density at radius 1 is 1.08 bits per heavy atom. The maximum absolute atomic E-state index is 2.76. The Labute approximate surface area is 76.1 Å². The van der Waals surface area contributed by atoms with Crippen LogP contribution in [0.15, 0.2) is 0 Å². The third-order valence-electron chi connectivity index (χ3n) is 3.60. The van der Waals surface area contributed by atoms with Crippen molar-refractivity contribution in [1.29, 1.82) is 0 Å². The molecular formula is C11H21N. The van der Waals surface area contributed by atoms with Crippen molar-refractivity contribution >= 4 is 0 Å². The highest BCUT2D eigenvalue weighted by Gasteiger charge is 2.41. The molecule has 70 valence electrons. The first-order chi connectivity index (χ1) is 5.59. The van der Waals surface area contributed by atoms with E-state index in [0.717, 1.165) is 12.1 Å². The highest BCUT2D eigenvalue weighted by Crippen LogP contribution is 2.40. The molecule has 0 spiro atoms. The first-order valence-corrected chi connectivity index (χ1v) is 5.35. The third kappa shape index (κ3) is 1.28. The van der Waals surface area contributed by atoms with E-state index in [1.807, 2.05) is 0 Å². The van der Waals surface area contributed by atoms with E-state index in [9.17, 15) is 0 Å². The fourth-order valence-corrected chi connectivity index (χ4v) is 3.02. The van der Waals surface area contributed by atoms with E-state index in [-0.39, 0.29) is 0 Å². The Morgan fingerprint density at radius 3 is 2.50 bits per heavy atom. The van der Waals surface area contributed by atoms with Crippen molar-refractivity contribution in [3.8, 4) is 0 Å². The standard InChI is InChI=1S/C11H21N/c1-11(2,3)10-7-6-9-5-4-8-12(9)10/h9-10H,4-8H2,1-3H3/t9-,10+/m1/s1. The first-order valence-electron chi connectivity index (χ1n) is 5.35. The van der Waals surface area contributed by atoms with Gasteiger partial charge in [0.2, 0.25) is 0 Å². The summed E-state index contributed by atoms with van der Waals surface area (Å²) in [7, 11) is 0. The molecule has 2 aliphatic rings. The zero-order valence-corrected chi connectivity index (χ0v) is 8.64. The van der Waals surface area contributed by atoms with Crippen molar-refractivity contribution in [2.45, 2.75) is 58.5 Å². The second-order valence-corrected chi connectivity index (χ2v) is 5.49. The van der Waals surface area contributed by atoms with E-state index in [4.69, 9.17) is 0 Å². The van der Waals surface area contributed by atoms with Crippen molar-refractivity contribution in [3.63, 3.8) is 0 Å². The minimum atomic E-state index is 0.499. The summed E-state index contributed by atoms with van der Waals surface area (Å²) in [6, 6.07) is 1.82. The molecular weight excluding hydrogens is 146 g/mol. The van der Waals surface area contributed by atoms with Gasteiger partial charge in [-0.2, -0.15) is 0 Å². The average Bonchev–Trinajstić information content (AvgIpc) is 2.37. The quantitative estimate of drug-likeness (QED) is 0.536. The van der Waals surface area contributed by atoms with Crippen LogP contribution in [0.5, 0.6) is 0 Å². The molecule has 0 unspecified atom stereocenters. The summed E-state index contributed by atoms with van der Waals surface area (Å²) in [6.45, 7) is 8.53. The number of nitrogens with zero attached hydrogens (tertiary/aromatic N) is 1. The largest absolute Gasteiger partial charge is 0.297 e. The zero-order valence-electron chi connectivity index (χ0n) is 8.64. The summed E-state index contributed by atoms with van der Waals surface area (Å²) in [5, 5.41) is 0. The van der Waals surface area contributed by atoms with E-state index >= 15 is 0 Å². The van der Waals surface area contributed by atoms with Crippen LogP contribution in [-0.4, -0.2) is 23.5 Å². The highest BCUT2D eigenvalue weighted by atomic mass is 15.2. The lowest BCUT2D eigenvalue weighted by Gasteiger charge is -2.34. The number of hydrogen-bond acceptors (Lipinski definition) is 1. The van der Waals surface area contributed by atoms with Crippen LogP contribution < -0.4 is 0 Å². The van der Waals surface area contributed by atoms with E-state index in [2.05, 4.69) is 25.7 Å². The van der Waals surface area contributed by atoms with Gasteiger partial charge in [-0.25, -0.2) is 0 Å². The van der Waals surface area contributed by atoms with Gasteiger partial charge in [-0.15, -0.1) is 0 Å². The Hall–Kier alpha value is -0.0400. The molecule has 1 heteroatoms. The maximum atomic E-state index is 2.76. The van der Waals surface area contributed by atoms with E-state index in [1.165, 1.54) is 32.2 Å². The summed E-state index contributed by atoms with van der Waals surface area (Å²) in [5.41, 5.74) is 0.499. The summed E-state index contributed by atoms with van der Waals surface area (Å²) in [6.07, 6.45) is 5.81. The van der Waals surface area contributed by atoms with Crippen molar-refractivity contribution < 1.29 is 0 Å². The van der Waals surface area contributed by atoms with Gasteiger partial charge in [-0.3, -0.25) is 4.90 Å². The van der Waals surface area contributed by atoms with Gasteiger partial charge in [0.15, 0.2) is 0 Å². The highest BCUT2D eigenvalue weighted by molar-refractivity contribution is 4.96. The van der Waals surface area contributed by atoms with Crippen molar-refractivity contribution in [2.75, 3.05) is 6.54 Å². The van der Waals surface area contributed by atoms with Gasteiger partial charge < -0.3 is 0 Å². The van der Waals surface area contributed by atoms with Crippen molar-refractivity contribution in [3.05, 3.63) is 0 Å². The smallest absolute Gasteiger partial charge is 0.0147 e. The molecule has 1 nitrogen and oxygen atoms in total. The average molecular weight is 167 g/mol. The Kier molecular flexibility index (Phi) is 1.95. The van der Waals surface area contributed by atoms with Crippen LogP contribution >= 0.6 is 0 Å². The predicted octanol–water partition coefficient (Wildman–Crippen LogP) is 2.66. The molecule has 0 amide bonds. The van der Waals surface area contributed by atoms with Gasteiger partial charge >= 0.3 is 0 Å². The van der Waals surface area contributed by atoms with Crippen LogP contribution in [0.2, 0.25) is 0 Å². The molecule has 0 radical (unpaired) electrons. The van der Waals surface area contributed by atoms with Crippen molar-refractivity contribution in [2.24, 2.45) is 5.41 Å². The summed E-state index contributed by atoms with van der Waals surface area (Å²) < 4.78 is 0. The van der Waals surface area contributed by atoms with Crippen LogP contribution in [-0.2, 0) is 0 Å². The fraction of sp³-hybridized carbons (Fsp3) is 1.00. The van der Waals surface area contributed by atoms with Crippen LogP contribution in [0.1, 0.15) is 46.5 Å². The van der Waals surface area contributed by atoms with Gasteiger partial charge in [-0.05, 0) is 37.6 Å². The first kappa shape index (κ1) is 8.55. The SMILES string of the molecule is CC(C)(C)[C@@H]1CC[C@H]2CCCN21. The van der Waals surface area contributed by atoms with E-state index in [1.54, 1.807) is 0 Å². The minimum absolute atomic E-state index is 0.499. The van der Waals surface area contributed by atoms with Crippen LogP contribution in [0, 0.1) is 5.41 Å². The number of fused-ring (bicyclic) bond motifs is 1. The molecule has 0 bridgehead atoms. The van der Waals surface area contributed by atoms with Gasteiger partial charge in [0, 0.05) is 12.1 Å².